The van der Waals surface area contributed by atoms with Crippen LogP contribution in [0.3, 0.4) is 0 Å². The zero-order chi connectivity index (χ0) is 24.5. The predicted octanol–water partition coefficient (Wildman–Crippen LogP) is 5.58. The average Bonchev–Trinajstić information content (AvgIpc) is 2.83. The second kappa shape index (κ2) is 12.3. The number of rotatable bonds is 10. The number of benzene rings is 3. The summed E-state index contributed by atoms with van der Waals surface area (Å²) in [5.41, 5.74) is 2.47. The Balaban J connectivity index is 1.96. The fourth-order valence-corrected chi connectivity index (χ4v) is 3.92. The molecule has 0 aliphatic rings. The van der Waals surface area contributed by atoms with Crippen molar-refractivity contribution in [2.75, 3.05) is 0 Å². The Morgan fingerprint density at radius 1 is 0.941 bits per heavy atom. The molecule has 2 amide bonds. The summed E-state index contributed by atoms with van der Waals surface area (Å²) in [5.74, 6) is -0.777. The lowest BCUT2D eigenvalue weighted by atomic mass is 10.0. The van der Waals surface area contributed by atoms with Crippen molar-refractivity contribution in [1.29, 1.82) is 0 Å². The molecule has 0 aliphatic heterocycles. The Hall–Kier alpha value is -3.18. The molecule has 0 bridgehead atoms. The molecule has 0 radical (unpaired) electrons. The summed E-state index contributed by atoms with van der Waals surface area (Å²) in [6.07, 6.45) is 1.21. The number of halogens is 2. The fraction of sp³-hybridized carbons (Fsp3) is 0.286. The lowest BCUT2D eigenvalue weighted by Gasteiger charge is -2.32. The lowest BCUT2D eigenvalue weighted by Crippen LogP contribution is -2.52. The molecule has 0 fully saturated rings. The van der Waals surface area contributed by atoms with Crippen LogP contribution < -0.4 is 5.32 Å². The van der Waals surface area contributed by atoms with Crippen molar-refractivity contribution in [3.63, 3.8) is 0 Å². The molecule has 0 heterocycles. The van der Waals surface area contributed by atoms with E-state index in [1.165, 1.54) is 12.1 Å². The molecular formula is C28H30ClFN2O2. The molecule has 0 spiro atoms. The smallest absolute Gasteiger partial charge is 0.243 e. The highest BCUT2D eigenvalue weighted by Gasteiger charge is 2.31. The van der Waals surface area contributed by atoms with E-state index < -0.39 is 6.04 Å². The van der Waals surface area contributed by atoms with Crippen molar-refractivity contribution in [3.8, 4) is 0 Å². The largest absolute Gasteiger partial charge is 0.352 e. The van der Waals surface area contributed by atoms with Crippen LogP contribution in [0, 0.1) is 5.82 Å². The minimum Gasteiger partial charge on any atom is -0.352 e. The Morgan fingerprint density at radius 2 is 1.62 bits per heavy atom. The molecule has 3 aromatic rings. The molecule has 3 rings (SSSR count). The van der Waals surface area contributed by atoms with Gasteiger partial charge in [-0.15, -0.1) is 0 Å². The van der Waals surface area contributed by atoms with Crippen molar-refractivity contribution >= 4 is 23.4 Å². The number of carbonyl (C=O) groups is 2. The zero-order valence-electron chi connectivity index (χ0n) is 19.5. The third-order valence-corrected chi connectivity index (χ3v) is 6.02. The van der Waals surface area contributed by atoms with Crippen LogP contribution in [0.2, 0.25) is 5.02 Å². The fourth-order valence-electron chi connectivity index (χ4n) is 3.71. The van der Waals surface area contributed by atoms with Gasteiger partial charge in [0.2, 0.25) is 11.8 Å². The number of hydrogen-bond acceptors (Lipinski definition) is 2. The number of carbonyl (C=O) groups excluding carboxylic acids is 2. The number of hydrogen-bond donors (Lipinski definition) is 1. The van der Waals surface area contributed by atoms with Crippen molar-refractivity contribution < 1.29 is 14.0 Å². The van der Waals surface area contributed by atoms with Gasteiger partial charge < -0.3 is 10.2 Å². The van der Waals surface area contributed by atoms with E-state index in [1.54, 1.807) is 29.2 Å². The van der Waals surface area contributed by atoms with Crippen LogP contribution in [-0.4, -0.2) is 28.8 Å². The quantitative estimate of drug-likeness (QED) is 0.412. The van der Waals surface area contributed by atoms with Gasteiger partial charge in [-0.1, -0.05) is 73.1 Å². The maximum absolute atomic E-state index is 13.6. The van der Waals surface area contributed by atoms with Gasteiger partial charge in [0.15, 0.2) is 0 Å². The van der Waals surface area contributed by atoms with Gasteiger partial charge in [0.25, 0.3) is 0 Å². The molecule has 1 N–H and O–H groups in total. The van der Waals surface area contributed by atoms with Crippen molar-refractivity contribution in [2.24, 2.45) is 0 Å². The zero-order valence-corrected chi connectivity index (χ0v) is 20.3. The van der Waals surface area contributed by atoms with Crippen molar-refractivity contribution in [1.82, 2.24) is 10.2 Å². The average molecular weight is 481 g/mol. The van der Waals surface area contributed by atoms with Crippen LogP contribution in [0.4, 0.5) is 4.39 Å². The van der Waals surface area contributed by atoms with Crippen LogP contribution in [-0.2, 0) is 29.0 Å². The third kappa shape index (κ3) is 7.42. The second-order valence-electron chi connectivity index (χ2n) is 8.48. The Kier molecular flexibility index (Phi) is 9.23. The molecule has 0 saturated carbocycles. The lowest BCUT2D eigenvalue weighted by molar-refractivity contribution is -0.141. The summed E-state index contributed by atoms with van der Waals surface area (Å²) >= 11 is 6.19. The van der Waals surface area contributed by atoms with Gasteiger partial charge in [0.05, 0.1) is 6.42 Å². The normalized spacial score (nSPS) is 12.6. The van der Waals surface area contributed by atoms with Crippen molar-refractivity contribution in [2.45, 2.75) is 51.7 Å². The molecule has 0 aliphatic carbocycles. The highest BCUT2D eigenvalue weighted by molar-refractivity contribution is 6.30. The van der Waals surface area contributed by atoms with E-state index in [2.05, 4.69) is 5.32 Å². The van der Waals surface area contributed by atoms with E-state index in [0.29, 0.717) is 17.0 Å². The second-order valence-corrected chi connectivity index (χ2v) is 8.91. The molecular weight excluding hydrogens is 451 g/mol. The summed E-state index contributed by atoms with van der Waals surface area (Å²) in [5, 5.41) is 3.61. The Bertz CT molecular complexity index is 1090. The molecule has 34 heavy (non-hydrogen) atoms. The van der Waals surface area contributed by atoms with Gasteiger partial charge >= 0.3 is 0 Å². The number of nitrogens with zero attached hydrogens (tertiary/aromatic N) is 1. The van der Waals surface area contributed by atoms with E-state index in [1.807, 2.05) is 56.3 Å². The van der Waals surface area contributed by atoms with Gasteiger partial charge in [0, 0.05) is 24.0 Å². The van der Waals surface area contributed by atoms with Gasteiger partial charge in [-0.05, 0) is 54.3 Å². The molecule has 4 nitrogen and oxygen atoms in total. The Morgan fingerprint density at radius 3 is 2.26 bits per heavy atom. The molecule has 0 saturated heterocycles. The molecule has 2 atom stereocenters. The first-order valence-electron chi connectivity index (χ1n) is 11.5. The number of amides is 2. The summed E-state index contributed by atoms with van der Waals surface area (Å²) < 4.78 is 13.4. The molecule has 178 valence electrons. The summed E-state index contributed by atoms with van der Waals surface area (Å²) in [7, 11) is 0. The highest BCUT2D eigenvalue weighted by atomic mass is 35.5. The monoisotopic (exact) mass is 480 g/mol. The standard InChI is InChI=1S/C28H30ClFN2O2/c1-3-20(2)31-28(34)26(17-21-8-5-4-6-9-21)32(19-23-10-7-11-24(29)16-23)27(33)18-22-12-14-25(30)15-13-22/h4-16,20,26H,3,17-19H2,1-2H3,(H,31,34)/t20-,26+/m1/s1. The van der Waals surface area contributed by atoms with Gasteiger partial charge in [0.1, 0.15) is 11.9 Å². The van der Waals surface area contributed by atoms with E-state index in [4.69, 9.17) is 11.6 Å². The van der Waals surface area contributed by atoms with Crippen LogP contribution in [0.5, 0.6) is 0 Å². The molecule has 6 heteroatoms. The minimum atomic E-state index is -0.719. The van der Waals surface area contributed by atoms with Crippen LogP contribution in [0.15, 0.2) is 78.9 Å². The van der Waals surface area contributed by atoms with Crippen LogP contribution in [0.25, 0.3) is 0 Å². The molecule has 0 unspecified atom stereocenters. The van der Waals surface area contributed by atoms with Gasteiger partial charge in [-0.3, -0.25) is 9.59 Å². The summed E-state index contributed by atoms with van der Waals surface area (Å²) in [6, 6.07) is 22.0. The maximum Gasteiger partial charge on any atom is 0.243 e. The molecule has 0 aromatic heterocycles. The van der Waals surface area contributed by atoms with Gasteiger partial charge in [-0.2, -0.15) is 0 Å². The Labute approximate surface area is 205 Å². The van der Waals surface area contributed by atoms with Crippen molar-refractivity contribution in [3.05, 3.63) is 106 Å². The van der Waals surface area contributed by atoms with Crippen LogP contribution >= 0.6 is 11.6 Å². The molecule has 3 aromatic carbocycles. The first-order valence-corrected chi connectivity index (χ1v) is 11.9. The topological polar surface area (TPSA) is 49.4 Å². The first kappa shape index (κ1) is 25.4. The SMILES string of the molecule is CC[C@@H](C)NC(=O)[C@H](Cc1ccccc1)N(Cc1cccc(Cl)c1)C(=O)Cc1ccc(F)cc1. The van der Waals surface area contributed by atoms with E-state index in [-0.39, 0.29) is 36.6 Å². The number of nitrogens with one attached hydrogen (secondary N) is 1. The highest BCUT2D eigenvalue weighted by Crippen LogP contribution is 2.19. The minimum absolute atomic E-state index is 0.0222. The van der Waals surface area contributed by atoms with Gasteiger partial charge in [-0.25, -0.2) is 4.39 Å². The van der Waals surface area contributed by atoms with Crippen LogP contribution in [0.1, 0.15) is 37.0 Å². The predicted molar refractivity (Wildman–Crippen MR) is 134 cm³/mol. The first-order chi connectivity index (χ1) is 16.4. The maximum atomic E-state index is 13.6. The third-order valence-electron chi connectivity index (χ3n) is 5.78. The summed E-state index contributed by atoms with van der Waals surface area (Å²) in [6.45, 7) is 4.17. The van der Waals surface area contributed by atoms with E-state index in [9.17, 15) is 14.0 Å². The summed E-state index contributed by atoms with van der Waals surface area (Å²) in [4.78, 5) is 28.6. The van der Waals surface area contributed by atoms with E-state index in [0.717, 1.165) is 17.5 Å². The van der Waals surface area contributed by atoms with E-state index >= 15 is 0 Å².